The molecule has 0 N–H and O–H groups in total. The van der Waals surface area contributed by atoms with Crippen molar-refractivity contribution in [3.05, 3.63) is 12.7 Å². The van der Waals surface area contributed by atoms with Crippen molar-refractivity contribution in [2.45, 2.75) is 25.9 Å². The second kappa shape index (κ2) is 3.56. The Balaban J connectivity index is 2.40. The molecule has 70 valence electrons. The number of likely N-dealkylation sites (tertiary alicyclic amines) is 1. The monoisotopic (exact) mass is 171 g/mol. The molecule has 1 atom stereocenters. The fourth-order valence-corrected chi connectivity index (χ4v) is 1.71. The summed E-state index contributed by atoms with van der Waals surface area (Å²) < 4.78 is 13.6. The Morgan fingerprint density at radius 3 is 2.75 bits per heavy atom. The van der Waals surface area contributed by atoms with E-state index in [1.165, 1.54) is 6.08 Å². The van der Waals surface area contributed by atoms with Gasteiger partial charge in [-0.3, -0.25) is 4.90 Å². The lowest BCUT2D eigenvalue weighted by Crippen LogP contribution is -2.29. The number of nitrogens with zero attached hydrogens (tertiary/aromatic N) is 1. The van der Waals surface area contributed by atoms with E-state index in [9.17, 15) is 4.39 Å². The molecule has 1 rings (SSSR count). The van der Waals surface area contributed by atoms with Crippen LogP contribution in [0.4, 0.5) is 4.39 Å². The minimum Gasteiger partial charge on any atom is -0.299 e. The van der Waals surface area contributed by atoms with E-state index in [0.29, 0.717) is 18.9 Å². The normalized spacial score (nSPS) is 31.3. The molecule has 1 heterocycles. The summed E-state index contributed by atoms with van der Waals surface area (Å²) in [6.45, 7) is 10.3. The maximum atomic E-state index is 13.6. The van der Waals surface area contributed by atoms with E-state index in [0.717, 1.165) is 13.1 Å². The summed E-state index contributed by atoms with van der Waals surface area (Å²) in [5.74, 6) is 0.622. The third kappa shape index (κ3) is 2.31. The zero-order valence-corrected chi connectivity index (χ0v) is 8.02. The van der Waals surface area contributed by atoms with Crippen molar-refractivity contribution < 1.29 is 4.39 Å². The highest BCUT2D eigenvalue weighted by Crippen LogP contribution is 2.26. The zero-order chi connectivity index (χ0) is 9.19. The van der Waals surface area contributed by atoms with Crippen molar-refractivity contribution in [1.82, 2.24) is 4.90 Å². The number of alkyl halides is 1. The molecule has 1 fully saturated rings. The third-order valence-electron chi connectivity index (χ3n) is 2.32. The lowest BCUT2D eigenvalue weighted by molar-refractivity contribution is 0.212. The van der Waals surface area contributed by atoms with Gasteiger partial charge < -0.3 is 0 Å². The summed E-state index contributed by atoms with van der Waals surface area (Å²) in [4.78, 5) is 2.17. The second-order valence-corrected chi connectivity index (χ2v) is 4.12. The molecule has 0 amide bonds. The Bertz CT molecular complexity index is 167. The summed E-state index contributed by atoms with van der Waals surface area (Å²) in [7, 11) is 0. The Morgan fingerprint density at radius 1 is 1.67 bits per heavy atom. The van der Waals surface area contributed by atoms with Gasteiger partial charge in [0.25, 0.3) is 0 Å². The average Bonchev–Trinajstić information content (AvgIpc) is 2.32. The Morgan fingerprint density at radius 2 is 2.33 bits per heavy atom. The predicted octanol–water partition coefficient (Wildman–Crippen LogP) is 2.24. The first-order valence-electron chi connectivity index (χ1n) is 4.60. The van der Waals surface area contributed by atoms with Crippen molar-refractivity contribution >= 4 is 0 Å². The minimum atomic E-state index is -1.12. The molecule has 0 bridgehead atoms. The standard InChI is InChI=1S/C10H18FN/c1-4-10(11)5-6-12(8-10)7-9(2)3/h4,9H,1,5-8H2,2-3H3/t10-/m0/s1. The van der Waals surface area contributed by atoms with Crippen LogP contribution >= 0.6 is 0 Å². The Labute approximate surface area is 74.3 Å². The highest BCUT2D eigenvalue weighted by atomic mass is 19.1. The van der Waals surface area contributed by atoms with Gasteiger partial charge in [-0.05, 0) is 12.3 Å². The summed E-state index contributed by atoms with van der Waals surface area (Å²) in [5.41, 5.74) is -1.12. The number of halogens is 1. The van der Waals surface area contributed by atoms with Gasteiger partial charge in [-0.25, -0.2) is 4.39 Å². The topological polar surface area (TPSA) is 3.24 Å². The first-order valence-corrected chi connectivity index (χ1v) is 4.60. The van der Waals surface area contributed by atoms with Crippen LogP contribution in [0.5, 0.6) is 0 Å². The van der Waals surface area contributed by atoms with Gasteiger partial charge >= 0.3 is 0 Å². The Hall–Kier alpha value is -0.370. The van der Waals surface area contributed by atoms with E-state index in [1.54, 1.807) is 0 Å². The summed E-state index contributed by atoms with van der Waals surface area (Å²) >= 11 is 0. The van der Waals surface area contributed by atoms with E-state index in [-0.39, 0.29) is 0 Å². The first-order chi connectivity index (χ1) is 5.56. The fraction of sp³-hybridized carbons (Fsp3) is 0.800. The summed E-state index contributed by atoms with van der Waals surface area (Å²) in [6.07, 6.45) is 2.07. The van der Waals surface area contributed by atoms with Gasteiger partial charge in [0, 0.05) is 19.6 Å². The molecular formula is C10H18FN. The molecule has 1 aliphatic rings. The van der Waals surface area contributed by atoms with Gasteiger partial charge in [0.1, 0.15) is 5.67 Å². The van der Waals surface area contributed by atoms with Crippen LogP contribution in [0.2, 0.25) is 0 Å². The highest BCUT2D eigenvalue weighted by Gasteiger charge is 2.35. The van der Waals surface area contributed by atoms with Crippen LogP contribution in [0.25, 0.3) is 0 Å². The number of hydrogen-bond acceptors (Lipinski definition) is 1. The molecule has 0 aromatic rings. The van der Waals surface area contributed by atoms with Gasteiger partial charge in [0.15, 0.2) is 0 Å². The van der Waals surface area contributed by atoms with E-state index < -0.39 is 5.67 Å². The maximum absolute atomic E-state index is 13.6. The van der Waals surface area contributed by atoms with E-state index >= 15 is 0 Å². The van der Waals surface area contributed by atoms with E-state index in [1.807, 2.05) is 0 Å². The van der Waals surface area contributed by atoms with Crippen molar-refractivity contribution in [1.29, 1.82) is 0 Å². The van der Waals surface area contributed by atoms with Crippen molar-refractivity contribution in [2.75, 3.05) is 19.6 Å². The van der Waals surface area contributed by atoms with Crippen molar-refractivity contribution in [2.24, 2.45) is 5.92 Å². The first kappa shape index (κ1) is 9.72. The zero-order valence-electron chi connectivity index (χ0n) is 8.02. The maximum Gasteiger partial charge on any atom is 0.142 e. The molecule has 12 heavy (non-hydrogen) atoms. The fourth-order valence-electron chi connectivity index (χ4n) is 1.71. The molecule has 1 saturated heterocycles. The largest absolute Gasteiger partial charge is 0.299 e. The van der Waals surface area contributed by atoms with Gasteiger partial charge in [0.2, 0.25) is 0 Å². The molecule has 1 nitrogen and oxygen atoms in total. The second-order valence-electron chi connectivity index (χ2n) is 4.12. The number of hydrogen-bond donors (Lipinski definition) is 0. The SMILES string of the molecule is C=C[C@]1(F)CCN(CC(C)C)C1. The van der Waals surface area contributed by atoms with E-state index in [2.05, 4.69) is 25.3 Å². The molecule has 0 unspecified atom stereocenters. The van der Waals surface area contributed by atoms with Crippen LogP contribution in [0.3, 0.4) is 0 Å². The average molecular weight is 171 g/mol. The van der Waals surface area contributed by atoms with Crippen LogP contribution in [0.15, 0.2) is 12.7 Å². The quantitative estimate of drug-likeness (QED) is 0.589. The third-order valence-corrected chi connectivity index (χ3v) is 2.32. The molecule has 0 saturated carbocycles. The van der Waals surface area contributed by atoms with Crippen molar-refractivity contribution in [3.8, 4) is 0 Å². The predicted molar refractivity (Wildman–Crippen MR) is 49.9 cm³/mol. The molecular weight excluding hydrogens is 153 g/mol. The van der Waals surface area contributed by atoms with Crippen LogP contribution < -0.4 is 0 Å². The minimum absolute atomic E-state index is 0.536. The highest BCUT2D eigenvalue weighted by molar-refractivity contribution is 5.03. The smallest absolute Gasteiger partial charge is 0.142 e. The molecule has 0 aromatic carbocycles. The Kier molecular flexibility index (Phi) is 2.89. The van der Waals surface area contributed by atoms with Gasteiger partial charge in [0.05, 0.1) is 0 Å². The van der Waals surface area contributed by atoms with E-state index in [4.69, 9.17) is 0 Å². The van der Waals surface area contributed by atoms with Crippen LogP contribution in [-0.2, 0) is 0 Å². The van der Waals surface area contributed by atoms with Crippen LogP contribution in [0.1, 0.15) is 20.3 Å². The molecule has 0 spiro atoms. The van der Waals surface area contributed by atoms with Crippen LogP contribution in [-0.4, -0.2) is 30.2 Å². The summed E-state index contributed by atoms with van der Waals surface area (Å²) in [6, 6.07) is 0. The van der Waals surface area contributed by atoms with Gasteiger partial charge in [-0.15, -0.1) is 0 Å². The lowest BCUT2D eigenvalue weighted by Gasteiger charge is -2.19. The van der Waals surface area contributed by atoms with Gasteiger partial charge in [-0.1, -0.05) is 26.5 Å². The molecule has 0 aromatic heterocycles. The molecule has 1 aliphatic heterocycles. The molecule has 0 radical (unpaired) electrons. The lowest BCUT2D eigenvalue weighted by atomic mass is 10.1. The van der Waals surface area contributed by atoms with Crippen molar-refractivity contribution in [3.63, 3.8) is 0 Å². The van der Waals surface area contributed by atoms with Gasteiger partial charge in [-0.2, -0.15) is 0 Å². The molecule has 0 aliphatic carbocycles. The number of rotatable bonds is 3. The van der Waals surface area contributed by atoms with Crippen LogP contribution in [0, 0.1) is 5.92 Å². The summed E-state index contributed by atoms with van der Waals surface area (Å²) in [5, 5.41) is 0. The molecule has 2 heteroatoms.